The second-order valence-electron chi connectivity index (χ2n) is 4.23. The maximum absolute atomic E-state index is 5.66. The van der Waals surface area contributed by atoms with E-state index in [2.05, 4.69) is 25.1 Å². The fourth-order valence-corrected chi connectivity index (χ4v) is 2.01. The monoisotopic (exact) mass is 221 g/mol. The van der Waals surface area contributed by atoms with Crippen molar-refractivity contribution in [3.63, 3.8) is 0 Å². The summed E-state index contributed by atoms with van der Waals surface area (Å²) in [6.07, 6.45) is 2.29. The first-order valence-electron chi connectivity index (χ1n) is 5.86. The van der Waals surface area contributed by atoms with Gasteiger partial charge in [-0.3, -0.25) is 0 Å². The fraction of sp³-hybridized carbons (Fsp3) is 0.538. The first-order chi connectivity index (χ1) is 7.79. The SMILES string of the molecule is CC1Cc2cc(CCOCCN)ccc2O1. The van der Waals surface area contributed by atoms with Crippen LogP contribution in [0.4, 0.5) is 0 Å². The van der Waals surface area contributed by atoms with Crippen LogP contribution in [0.2, 0.25) is 0 Å². The number of rotatable bonds is 5. The Kier molecular flexibility index (Phi) is 3.80. The summed E-state index contributed by atoms with van der Waals surface area (Å²) in [5, 5.41) is 0. The molecular formula is C13H19NO2. The molecule has 0 saturated carbocycles. The van der Waals surface area contributed by atoms with E-state index in [1.165, 1.54) is 11.1 Å². The summed E-state index contributed by atoms with van der Waals surface area (Å²) in [5.41, 5.74) is 7.99. The van der Waals surface area contributed by atoms with Gasteiger partial charge in [0.25, 0.3) is 0 Å². The van der Waals surface area contributed by atoms with E-state index in [-0.39, 0.29) is 0 Å². The topological polar surface area (TPSA) is 44.5 Å². The minimum atomic E-state index is 0.318. The highest BCUT2D eigenvalue weighted by molar-refractivity contribution is 5.40. The lowest BCUT2D eigenvalue weighted by molar-refractivity contribution is 0.144. The number of benzene rings is 1. The van der Waals surface area contributed by atoms with Crippen molar-refractivity contribution >= 4 is 0 Å². The van der Waals surface area contributed by atoms with Crippen molar-refractivity contribution in [1.82, 2.24) is 0 Å². The largest absolute Gasteiger partial charge is 0.490 e. The maximum atomic E-state index is 5.66. The van der Waals surface area contributed by atoms with Gasteiger partial charge in [0.2, 0.25) is 0 Å². The zero-order chi connectivity index (χ0) is 11.4. The van der Waals surface area contributed by atoms with Crippen molar-refractivity contribution in [2.24, 2.45) is 5.73 Å². The van der Waals surface area contributed by atoms with Gasteiger partial charge in [-0.1, -0.05) is 12.1 Å². The van der Waals surface area contributed by atoms with Crippen LogP contribution in [-0.4, -0.2) is 25.9 Å². The number of ether oxygens (including phenoxy) is 2. The van der Waals surface area contributed by atoms with E-state index in [4.69, 9.17) is 15.2 Å². The van der Waals surface area contributed by atoms with Crippen molar-refractivity contribution in [2.75, 3.05) is 19.8 Å². The third-order valence-electron chi connectivity index (χ3n) is 2.76. The van der Waals surface area contributed by atoms with E-state index in [1.807, 2.05) is 0 Å². The van der Waals surface area contributed by atoms with Crippen LogP contribution in [0, 0.1) is 0 Å². The standard InChI is InChI=1S/C13H19NO2/c1-10-8-12-9-11(2-3-13(12)16-10)4-6-15-7-5-14/h2-3,9-10H,4-8,14H2,1H3. The second-order valence-corrected chi connectivity index (χ2v) is 4.23. The Morgan fingerprint density at radius 2 is 2.31 bits per heavy atom. The highest BCUT2D eigenvalue weighted by Crippen LogP contribution is 2.29. The second kappa shape index (κ2) is 5.32. The van der Waals surface area contributed by atoms with Gasteiger partial charge in [-0.15, -0.1) is 0 Å². The van der Waals surface area contributed by atoms with Crippen LogP contribution in [0.5, 0.6) is 5.75 Å². The van der Waals surface area contributed by atoms with Crippen molar-refractivity contribution in [3.8, 4) is 5.75 Å². The summed E-state index contributed by atoms with van der Waals surface area (Å²) in [4.78, 5) is 0. The Morgan fingerprint density at radius 1 is 1.44 bits per heavy atom. The Balaban J connectivity index is 1.90. The molecule has 1 heterocycles. The number of nitrogens with two attached hydrogens (primary N) is 1. The summed E-state index contributed by atoms with van der Waals surface area (Å²) >= 11 is 0. The average molecular weight is 221 g/mol. The van der Waals surface area contributed by atoms with Gasteiger partial charge in [-0.25, -0.2) is 0 Å². The van der Waals surface area contributed by atoms with Crippen molar-refractivity contribution in [3.05, 3.63) is 29.3 Å². The van der Waals surface area contributed by atoms with Gasteiger partial charge in [0, 0.05) is 13.0 Å². The van der Waals surface area contributed by atoms with Gasteiger partial charge in [0.1, 0.15) is 11.9 Å². The molecular weight excluding hydrogens is 202 g/mol. The molecule has 1 unspecified atom stereocenters. The molecule has 0 fully saturated rings. The molecule has 2 N–H and O–H groups in total. The van der Waals surface area contributed by atoms with Crippen LogP contribution in [0.15, 0.2) is 18.2 Å². The first-order valence-corrected chi connectivity index (χ1v) is 5.86. The normalized spacial score (nSPS) is 18.2. The van der Waals surface area contributed by atoms with E-state index in [0.717, 1.165) is 25.2 Å². The van der Waals surface area contributed by atoms with Crippen LogP contribution < -0.4 is 10.5 Å². The van der Waals surface area contributed by atoms with Crippen LogP contribution in [0.3, 0.4) is 0 Å². The highest BCUT2D eigenvalue weighted by Gasteiger charge is 2.18. The molecule has 0 aliphatic carbocycles. The Morgan fingerprint density at radius 3 is 3.12 bits per heavy atom. The minimum absolute atomic E-state index is 0.318. The molecule has 1 aromatic rings. The maximum Gasteiger partial charge on any atom is 0.123 e. The molecule has 16 heavy (non-hydrogen) atoms. The van der Waals surface area contributed by atoms with Gasteiger partial charge < -0.3 is 15.2 Å². The van der Waals surface area contributed by atoms with Gasteiger partial charge in [0.05, 0.1) is 13.2 Å². The summed E-state index contributed by atoms with van der Waals surface area (Å²) < 4.78 is 11.0. The molecule has 3 heteroatoms. The molecule has 0 radical (unpaired) electrons. The van der Waals surface area contributed by atoms with Gasteiger partial charge in [-0.2, -0.15) is 0 Å². The lowest BCUT2D eigenvalue weighted by Crippen LogP contribution is -2.10. The molecule has 1 atom stereocenters. The smallest absolute Gasteiger partial charge is 0.123 e. The van der Waals surface area contributed by atoms with Gasteiger partial charge in [-0.05, 0) is 30.5 Å². The predicted molar refractivity (Wildman–Crippen MR) is 63.8 cm³/mol. The zero-order valence-corrected chi connectivity index (χ0v) is 9.74. The molecule has 1 aliphatic rings. The first kappa shape index (κ1) is 11.4. The highest BCUT2D eigenvalue weighted by atomic mass is 16.5. The zero-order valence-electron chi connectivity index (χ0n) is 9.74. The summed E-state index contributed by atoms with van der Waals surface area (Å²) in [6.45, 7) is 4.08. The van der Waals surface area contributed by atoms with E-state index < -0.39 is 0 Å². The van der Waals surface area contributed by atoms with Crippen LogP contribution in [0.25, 0.3) is 0 Å². The van der Waals surface area contributed by atoms with Gasteiger partial charge >= 0.3 is 0 Å². The quantitative estimate of drug-likeness (QED) is 0.767. The Hall–Kier alpha value is -1.06. The Labute approximate surface area is 96.5 Å². The summed E-state index contributed by atoms with van der Waals surface area (Å²) in [7, 11) is 0. The molecule has 0 amide bonds. The lowest BCUT2D eigenvalue weighted by Gasteiger charge is -2.05. The van der Waals surface area contributed by atoms with Crippen molar-refractivity contribution < 1.29 is 9.47 Å². The molecule has 1 aromatic carbocycles. The average Bonchev–Trinajstić information content (AvgIpc) is 2.64. The molecule has 2 rings (SSSR count). The van der Waals surface area contributed by atoms with Crippen LogP contribution in [-0.2, 0) is 17.6 Å². The van der Waals surface area contributed by atoms with Crippen LogP contribution >= 0.6 is 0 Å². The fourth-order valence-electron chi connectivity index (χ4n) is 2.01. The summed E-state index contributed by atoms with van der Waals surface area (Å²) in [6, 6.07) is 6.41. The molecule has 1 aliphatic heterocycles. The predicted octanol–water partition coefficient (Wildman–Crippen LogP) is 1.53. The van der Waals surface area contributed by atoms with E-state index in [0.29, 0.717) is 19.3 Å². The third kappa shape index (κ3) is 2.74. The minimum Gasteiger partial charge on any atom is -0.490 e. The molecule has 0 bridgehead atoms. The van der Waals surface area contributed by atoms with E-state index in [1.54, 1.807) is 0 Å². The van der Waals surface area contributed by atoms with E-state index in [9.17, 15) is 0 Å². The van der Waals surface area contributed by atoms with Gasteiger partial charge in [0.15, 0.2) is 0 Å². The molecule has 88 valence electrons. The van der Waals surface area contributed by atoms with Crippen molar-refractivity contribution in [1.29, 1.82) is 0 Å². The number of hydrogen-bond donors (Lipinski definition) is 1. The van der Waals surface area contributed by atoms with Crippen molar-refractivity contribution in [2.45, 2.75) is 25.9 Å². The molecule has 0 spiro atoms. The molecule has 0 aromatic heterocycles. The number of fused-ring (bicyclic) bond motifs is 1. The number of hydrogen-bond acceptors (Lipinski definition) is 3. The lowest BCUT2D eigenvalue weighted by atomic mass is 10.1. The third-order valence-corrected chi connectivity index (χ3v) is 2.76. The molecule has 0 saturated heterocycles. The Bertz CT molecular complexity index is 352. The van der Waals surface area contributed by atoms with Crippen LogP contribution in [0.1, 0.15) is 18.1 Å². The summed E-state index contributed by atoms with van der Waals surface area (Å²) in [5.74, 6) is 1.04. The van der Waals surface area contributed by atoms with E-state index >= 15 is 0 Å². The molecule has 3 nitrogen and oxygen atoms in total.